The van der Waals surface area contributed by atoms with Crippen LogP contribution in [0.4, 0.5) is 5.69 Å². The summed E-state index contributed by atoms with van der Waals surface area (Å²) in [5.41, 5.74) is 0.588. The molecule has 2 amide bonds. The number of carbonyl (C=O) groups is 2. The fourth-order valence-corrected chi connectivity index (χ4v) is 1.91. The first-order valence-electron chi connectivity index (χ1n) is 7.00. The quantitative estimate of drug-likeness (QED) is 0.847. The minimum absolute atomic E-state index is 0.450. The summed E-state index contributed by atoms with van der Waals surface area (Å²) in [6.45, 7) is 5.40. The largest absolute Gasteiger partial charge is 0.496 e. The summed E-state index contributed by atoms with van der Waals surface area (Å²) in [6.07, 6.45) is 2.84. The lowest BCUT2D eigenvalue weighted by molar-refractivity contribution is -0.137. The van der Waals surface area contributed by atoms with Crippen molar-refractivity contribution in [1.29, 1.82) is 0 Å². The molecule has 0 aliphatic carbocycles. The van der Waals surface area contributed by atoms with Crippen LogP contribution in [0.25, 0.3) is 11.3 Å². The van der Waals surface area contributed by atoms with Crippen molar-refractivity contribution in [3.63, 3.8) is 0 Å². The Hall–Kier alpha value is -2.83. The van der Waals surface area contributed by atoms with Crippen molar-refractivity contribution in [3.8, 4) is 17.1 Å². The Kier molecular flexibility index (Phi) is 4.68. The number of ether oxygens (including phenoxy) is 1. The molecule has 0 unspecified atom stereocenters. The molecule has 0 bridgehead atoms. The van der Waals surface area contributed by atoms with E-state index in [1.807, 2.05) is 0 Å². The van der Waals surface area contributed by atoms with Crippen LogP contribution < -0.4 is 15.4 Å². The normalized spacial score (nSPS) is 11.0. The molecule has 7 heteroatoms. The zero-order valence-electron chi connectivity index (χ0n) is 13.5. The summed E-state index contributed by atoms with van der Waals surface area (Å²) >= 11 is 0. The second kappa shape index (κ2) is 6.51. The van der Waals surface area contributed by atoms with Crippen LogP contribution in [-0.4, -0.2) is 29.4 Å². The molecule has 0 saturated carbocycles. The Bertz CT molecular complexity index is 703. The van der Waals surface area contributed by atoms with Crippen molar-refractivity contribution in [3.05, 3.63) is 30.8 Å². The van der Waals surface area contributed by atoms with Gasteiger partial charge in [0.1, 0.15) is 5.75 Å². The average molecular weight is 317 g/mol. The number of hydrogen-bond acceptors (Lipinski definition) is 5. The minimum Gasteiger partial charge on any atom is -0.496 e. The maximum atomic E-state index is 12.0. The number of oxazole rings is 1. The highest BCUT2D eigenvalue weighted by Gasteiger charge is 2.21. The molecule has 1 aromatic heterocycles. The molecule has 23 heavy (non-hydrogen) atoms. The van der Waals surface area contributed by atoms with Gasteiger partial charge in [-0.25, -0.2) is 4.98 Å². The van der Waals surface area contributed by atoms with Crippen molar-refractivity contribution < 1.29 is 18.7 Å². The molecule has 2 N–H and O–H groups in total. The molecule has 122 valence electrons. The average Bonchev–Trinajstić information content (AvgIpc) is 2.99. The Morgan fingerprint density at radius 1 is 1.22 bits per heavy atom. The number of aromatic nitrogens is 1. The van der Waals surface area contributed by atoms with E-state index >= 15 is 0 Å². The number of nitrogens with zero attached hydrogens (tertiary/aromatic N) is 1. The molecule has 0 aliphatic heterocycles. The van der Waals surface area contributed by atoms with Crippen LogP contribution in [0, 0.1) is 0 Å². The molecule has 2 aromatic rings. The van der Waals surface area contributed by atoms with E-state index in [0.717, 1.165) is 0 Å². The highest BCUT2D eigenvalue weighted by Crippen LogP contribution is 2.32. The number of rotatable bonds is 3. The molecular formula is C16H19N3O4. The van der Waals surface area contributed by atoms with Gasteiger partial charge in [0.05, 0.1) is 18.9 Å². The van der Waals surface area contributed by atoms with E-state index in [1.165, 1.54) is 19.7 Å². The molecule has 0 aliphatic rings. The second-order valence-electron chi connectivity index (χ2n) is 5.94. The first kappa shape index (κ1) is 16.5. The minimum atomic E-state index is -0.742. The molecule has 0 radical (unpaired) electrons. The molecule has 0 fully saturated rings. The number of nitrogens with one attached hydrogen (secondary N) is 2. The van der Waals surface area contributed by atoms with Crippen molar-refractivity contribution in [1.82, 2.24) is 10.3 Å². The van der Waals surface area contributed by atoms with E-state index in [2.05, 4.69) is 15.6 Å². The molecular weight excluding hydrogens is 298 g/mol. The lowest BCUT2D eigenvalue weighted by Crippen LogP contribution is -2.46. The number of methoxy groups -OCH3 is 1. The summed E-state index contributed by atoms with van der Waals surface area (Å²) in [4.78, 5) is 27.6. The second-order valence-corrected chi connectivity index (χ2v) is 5.94. The maximum absolute atomic E-state index is 12.0. The molecule has 0 atom stereocenters. The van der Waals surface area contributed by atoms with Gasteiger partial charge in [0, 0.05) is 11.2 Å². The van der Waals surface area contributed by atoms with Crippen LogP contribution in [0.5, 0.6) is 5.75 Å². The molecule has 1 heterocycles. The monoisotopic (exact) mass is 317 g/mol. The van der Waals surface area contributed by atoms with Gasteiger partial charge < -0.3 is 19.8 Å². The van der Waals surface area contributed by atoms with Crippen LogP contribution in [0.15, 0.2) is 35.2 Å². The Morgan fingerprint density at radius 3 is 2.52 bits per heavy atom. The fraction of sp³-hybridized carbons (Fsp3) is 0.312. The summed E-state index contributed by atoms with van der Waals surface area (Å²) in [5, 5.41) is 5.15. The van der Waals surface area contributed by atoms with Crippen molar-refractivity contribution in [2.75, 3.05) is 12.4 Å². The Morgan fingerprint density at radius 2 is 1.96 bits per heavy atom. The van der Waals surface area contributed by atoms with E-state index in [1.54, 1.807) is 39.0 Å². The van der Waals surface area contributed by atoms with Crippen molar-refractivity contribution in [2.24, 2.45) is 0 Å². The van der Waals surface area contributed by atoms with E-state index in [9.17, 15) is 9.59 Å². The van der Waals surface area contributed by atoms with Gasteiger partial charge >= 0.3 is 11.8 Å². The Labute approximate surface area is 134 Å². The number of hydrogen-bond donors (Lipinski definition) is 2. The summed E-state index contributed by atoms with van der Waals surface area (Å²) in [6, 6.07) is 4.97. The zero-order valence-corrected chi connectivity index (χ0v) is 13.5. The van der Waals surface area contributed by atoms with Gasteiger partial charge in [0.25, 0.3) is 0 Å². The lowest BCUT2D eigenvalue weighted by Gasteiger charge is -2.20. The number of benzene rings is 1. The van der Waals surface area contributed by atoms with Gasteiger partial charge in [-0.3, -0.25) is 9.59 Å². The smallest absolute Gasteiger partial charge is 0.313 e. The third-order valence-corrected chi connectivity index (χ3v) is 2.85. The van der Waals surface area contributed by atoms with Gasteiger partial charge in [-0.1, -0.05) is 0 Å². The standard InChI is InChI=1S/C16H19N3O4/c1-16(2,3)19-15(21)14(20)18-10-5-6-12(22-4)11(7-10)13-8-17-9-23-13/h5-9H,1-4H3,(H,18,20)(H,19,21). The summed E-state index contributed by atoms with van der Waals surface area (Å²) < 4.78 is 10.5. The number of carbonyl (C=O) groups excluding carboxylic acids is 2. The Balaban J connectivity index is 2.20. The predicted octanol–water partition coefficient (Wildman–Crippen LogP) is 2.20. The maximum Gasteiger partial charge on any atom is 0.313 e. The topological polar surface area (TPSA) is 93.5 Å². The highest BCUT2D eigenvalue weighted by molar-refractivity contribution is 6.39. The molecule has 7 nitrogen and oxygen atoms in total. The zero-order chi connectivity index (χ0) is 17.0. The summed E-state index contributed by atoms with van der Waals surface area (Å²) in [5.74, 6) is -0.376. The van der Waals surface area contributed by atoms with Gasteiger partial charge in [-0.15, -0.1) is 0 Å². The predicted molar refractivity (Wildman–Crippen MR) is 85.0 cm³/mol. The van der Waals surface area contributed by atoms with Gasteiger partial charge in [-0.2, -0.15) is 0 Å². The van der Waals surface area contributed by atoms with Gasteiger partial charge in [0.15, 0.2) is 12.2 Å². The van der Waals surface area contributed by atoms with Crippen LogP contribution in [-0.2, 0) is 9.59 Å². The van der Waals surface area contributed by atoms with E-state index in [-0.39, 0.29) is 0 Å². The van der Waals surface area contributed by atoms with Crippen molar-refractivity contribution in [2.45, 2.75) is 26.3 Å². The van der Waals surface area contributed by atoms with Crippen LogP contribution in [0.1, 0.15) is 20.8 Å². The van der Waals surface area contributed by atoms with Crippen LogP contribution >= 0.6 is 0 Å². The molecule has 0 spiro atoms. The van der Waals surface area contributed by atoms with E-state index in [4.69, 9.17) is 9.15 Å². The highest BCUT2D eigenvalue weighted by atomic mass is 16.5. The van der Waals surface area contributed by atoms with Gasteiger partial charge in [-0.05, 0) is 39.0 Å². The summed E-state index contributed by atoms with van der Waals surface area (Å²) in [7, 11) is 1.53. The molecule has 0 saturated heterocycles. The van der Waals surface area contributed by atoms with E-state index in [0.29, 0.717) is 22.8 Å². The number of anilines is 1. The first-order chi connectivity index (χ1) is 10.8. The van der Waals surface area contributed by atoms with Crippen LogP contribution in [0.3, 0.4) is 0 Å². The number of amides is 2. The lowest BCUT2D eigenvalue weighted by atomic mass is 10.1. The van der Waals surface area contributed by atoms with E-state index < -0.39 is 17.4 Å². The third-order valence-electron chi connectivity index (χ3n) is 2.85. The molecule has 1 aromatic carbocycles. The third kappa shape index (κ3) is 4.32. The molecule has 2 rings (SSSR count). The fourth-order valence-electron chi connectivity index (χ4n) is 1.91. The van der Waals surface area contributed by atoms with Crippen molar-refractivity contribution >= 4 is 17.5 Å². The first-order valence-corrected chi connectivity index (χ1v) is 7.00. The van der Waals surface area contributed by atoms with Gasteiger partial charge in [0.2, 0.25) is 0 Å². The SMILES string of the molecule is COc1ccc(NC(=O)C(=O)NC(C)(C)C)cc1-c1cnco1. The van der Waals surface area contributed by atoms with Crippen LogP contribution in [0.2, 0.25) is 0 Å².